The van der Waals surface area contributed by atoms with Gasteiger partial charge in [0.15, 0.2) is 5.96 Å². The maximum atomic E-state index is 4.63. The van der Waals surface area contributed by atoms with Gasteiger partial charge in [-0.1, -0.05) is 18.2 Å². The number of fused-ring (bicyclic) bond motifs is 1. The summed E-state index contributed by atoms with van der Waals surface area (Å²) in [5, 5.41) is 16.1. The summed E-state index contributed by atoms with van der Waals surface area (Å²) in [4.78, 5) is 8.89. The van der Waals surface area contributed by atoms with Crippen LogP contribution in [0.25, 0.3) is 5.69 Å². The summed E-state index contributed by atoms with van der Waals surface area (Å²) in [6.07, 6.45) is 1.94. The van der Waals surface area contributed by atoms with Crippen molar-refractivity contribution in [3.8, 4) is 5.69 Å². The van der Waals surface area contributed by atoms with Crippen LogP contribution in [-0.4, -0.2) is 43.6 Å². The predicted molar refractivity (Wildman–Crippen MR) is 113 cm³/mol. The Bertz CT molecular complexity index is 1030. The number of hydrogen-bond acceptors (Lipinski definition) is 4. The van der Waals surface area contributed by atoms with E-state index in [-0.39, 0.29) is 6.04 Å². The normalized spacial score (nSPS) is 16.6. The SMILES string of the molecule is CN=C(NCc1ccccc1-n1nc(C)cc1C)NC1CCc2nc(C)nn2C1. The third-order valence-electron chi connectivity index (χ3n) is 5.20. The van der Waals surface area contributed by atoms with Gasteiger partial charge >= 0.3 is 0 Å². The summed E-state index contributed by atoms with van der Waals surface area (Å²) < 4.78 is 4.00. The number of guanidine groups is 1. The van der Waals surface area contributed by atoms with Crippen molar-refractivity contribution < 1.29 is 0 Å². The fourth-order valence-corrected chi connectivity index (χ4v) is 3.86. The van der Waals surface area contributed by atoms with Crippen LogP contribution >= 0.6 is 0 Å². The zero-order valence-corrected chi connectivity index (χ0v) is 17.5. The van der Waals surface area contributed by atoms with Gasteiger partial charge in [0, 0.05) is 31.7 Å². The van der Waals surface area contributed by atoms with E-state index in [2.05, 4.69) is 62.0 Å². The molecule has 1 aliphatic rings. The molecule has 2 N–H and O–H groups in total. The van der Waals surface area contributed by atoms with E-state index in [1.165, 1.54) is 5.56 Å². The lowest BCUT2D eigenvalue weighted by molar-refractivity contribution is 0.392. The lowest BCUT2D eigenvalue weighted by atomic mass is 10.1. The van der Waals surface area contributed by atoms with E-state index >= 15 is 0 Å². The van der Waals surface area contributed by atoms with Crippen molar-refractivity contribution >= 4 is 5.96 Å². The molecular formula is C21H28N8. The molecule has 0 radical (unpaired) electrons. The second kappa shape index (κ2) is 8.06. The van der Waals surface area contributed by atoms with Crippen molar-refractivity contribution in [1.82, 2.24) is 35.2 Å². The zero-order chi connectivity index (χ0) is 20.4. The number of hydrogen-bond donors (Lipinski definition) is 2. The molecule has 8 nitrogen and oxygen atoms in total. The first-order chi connectivity index (χ1) is 14.0. The van der Waals surface area contributed by atoms with Gasteiger partial charge in [-0.2, -0.15) is 10.2 Å². The topological polar surface area (TPSA) is 84.9 Å². The van der Waals surface area contributed by atoms with Crippen LogP contribution in [0.5, 0.6) is 0 Å². The molecule has 152 valence electrons. The van der Waals surface area contributed by atoms with Gasteiger partial charge < -0.3 is 10.6 Å². The quantitative estimate of drug-likeness (QED) is 0.524. The Labute approximate surface area is 171 Å². The standard InChI is InChI=1S/C21H28N8/c1-14-11-15(2)29(26-14)19-8-6-5-7-17(19)12-23-21(22-4)25-18-9-10-20-24-16(3)27-28(20)13-18/h5-8,11,18H,9-10,12-13H2,1-4H3,(H2,22,23,25). The first kappa shape index (κ1) is 19.2. The summed E-state index contributed by atoms with van der Waals surface area (Å²) >= 11 is 0. The fraction of sp³-hybridized carbons (Fsp3) is 0.429. The lowest BCUT2D eigenvalue weighted by Gasteiger charge is -2.25. The molecule has 0 aliphatic carbocycles. The minimum atomic E-state index is 0.279. The molecule has 8 heteroatoms. The molecule has 0 spiro atoms. The third kappa shape index (κ3) is 4.16. The van der Waals surface area contributed by atoms with Gasteiger partial charge in [0.25, 0.3) is 0 Å². The summed E-state index contributed by atoms with van der Waals surface area (Å²) in [5.74, 6) is 2.70. The van der Waals surface area contributed by atoms with Crippen LogP contribution in [0, 0.1) is 20.8 Å². The van der Waals surface area contributed by atoms with Gasteiger partial charge in [-0.3, -0.25) is 4.99 Å². The smallest absolute Gasteiger partial charge is 0.191 e. The monoisotopic (exact) mass is 392 g/mol. The van der Waals surface area contributed by atoms with Crippen LogP contribution in [0.4, 0.5) is 0 Å². The molecule has 1 atom stereocenters. The molecule has 3 heterocycles. The molecule has 0 bridgehead atoms. The molecule has 0 fully saturated rings. The van der Waals surface area contributed by atoms with Crippen LogP contribution in [-0.2, 0) is 19.5 Å². The minimum absolute atomic E-state index is 0.279. The van der Waals surface area contributed by atoms with Crippen molar-refractivity contribution in [3.05, 3.63) is 58.9 Å². The Morgan fingerprint density at radius 3 is 2.79 bits per heavy atom. The molecular weight excluding hydrogens is 364 g/mol. The number of benzene rings is 1. The summed E-state index contributed by atoms with van der Waals surface area (Å²) in [6.45, 7) is 7.50. The molecule has 0 saturated carbocycles. The van der Waals surface area contributed by atoms with Crippen molar-refractivity contribution in [2.24, 2.45) is 4.99 Å². The van der Waals surface area contributed by atoms with Crippen LogP contribution < -0.4 is 10.6 Å². The summed E-state index contributed by atoms with van der Waals surface area (Å²) in [6, 6.07) is 10.7. The van der Waals surface area contributed by atoms with Crippen LogP contribution in [0.3, 0.4) is 0 Å². The highest BCUT2D eigenvalue weighted by atomic mass is 15.4. The van der Waals surface area contributed by atoms with E-state index in [1.54, 1.807) is 7.05 Å². The van der Waals surface area contributed by atoms with Gasteiger partial charge in [-0.25, -0.2) is 14.3 Å². The van der Waals surface area contributed by atoms with Crippen LogP contribution in [0.1, 0.15) is 35.0 Å². The van der Waals surface area contributed by atoms with Crippen LogP contribution in [0.15, 0.2) is 35.3 Å². The Balaban J connectivity index is 1.43. The maximum Gasteiger partial charge on any atom is 0.191 e. The highest BCUT2D eigenvalue weighted by Gasteiger charge is 2.21. The van der Waals surface area contributed by atoms with Crippen molar-refractivity contribution in [1.29, 1.82) is 0 Å². The Hall–Kier alpha value is -3.16. The molecule has 3 aromatic rings. The largest absolute Gasteiger partial charge is 0.352 e. The molecule has 2 aromatic heterocycles. The second-order valence-corrected chi connectivity index (χ2v) is 7.53. The average Bonchev–Trinajstić information content (AvgIpc) is 3.25. The van der Waals surface area contributed by atoms with Crippen molar-refractivity contribution in [2.45, 2.75) is 52.7 Å². The van der Waals surface area contributed by atoms with E-state index in [0.29, 0.717) is 6.54 Å². The number of aromatic nitrogens is 5. The average molecular weight is 393 g/mol. The predicted octanol–water partition coefficient (Wildman–Crippen LogP) is 2.07. The van der Waals surface area contributed by atoms with Crippen molar-refractivity contribution in [3.63, 3.8) is 0 Å². The first-order valence-electron chi connectivity index (χ1n) is 10.0. The fourth-order valence-electron chi connectivity index (χ4n) is 3.86. The van der Waals surface area contributed by atoms with E-state index < -0.39 is 0 Å². The molecule has 0 saturated heterocycles. The van der Waals surface area contributed by atoms with Gasteiger partial charge in [0.05, 0.1) is 17.9 Å². The van der Waals surface area contributed by atoms with Gasteiger partial charge in [-0.15, -0.1) is 0 Å². The van der Waals surface area contributed by atoms with Crippen molar-refractivity contribution in [2.75, 3.05) is 7.05 Å². The highest BCUT2D eigenvalue weighted by Crippen LogP contribution is 2.17. The lowest BCUT2D eigenvalue weighted by Crippen LogP contribution is -2.46. The molecule has 4 rings (SSSR count). The van der Waals surface area contributed by atoms with E-state index in [4.69, 9.17) is 0 Å². The van der Waals surface area contributed by atoms with E-state index in [9.17, 15) is 0 Å². The number of rotatable bonds is 4. The summed E-state index contributed by atoms with van der Waals surface area (Å²) in [5.41, 5.74) is 4.39. The zero-order valence-electron chi connectivity index (χ0n) is 17.5. The summed E-state index contributed by atoms with van der Waals surface area (Å²) in [7, 11) is 1.80. The number of para-hydroxylation sites is 1. The molecule has 29 heavy (non-hydrogen) atoms. The number of nitrogens with zero attached hydrogens (tertiary/aromatic N) is 6. The third-order valence-corrected chi connectivity index (χ3v) is 5.20. The molecule has 1 unspecified atom stereocenters. The number of aliphatic imine (C=N–C) groups is 1. The van der Waals surface area contributed by atoms with Gasteiger partial charge in [0.1, 0.15) is 11.6 Å². The Morgan fingerprint density at radius 1 is 1.21 bits per heavy atom. The van der Waals surface area contributed by atoms with Gasteiger partial charge in [0.2, 0.25) is 0 Å². The maximum absolute atomic E-state index is 4.63. The number of nitrogens with one attached hydrogen (secondary N) is 2. The van der Waals surface area contributed by atoms with Crippen LogP contribution in [0.2, 0.25) is 0 Å². The second-order valence-electron chi connectivity index (χ2n) is 7.53. The van der Waals surface area contributed by atoms with Gasteiger partial charge in [-0.05, 0) is 44.9 Å². The Morgan fingerprint density at radius 2 is 2.03 bits per heavy atom. The highest BCUT2D eigenvalue weighted by molar-refractivity contribution is 5.80. The molecule has 1 aromatic carbocycles. The first-order valence-corrected chi connectivity index (χ1v) is 10.0. The molecule has 0 amide bonds. The van der Waals surface area contributed by atoms with E-state index in [1.807, 2.05) is 29.3 Å². The molecule has 1 aliphatic heterocycles. The number of aryl methyl sites for hydroxylation is 4. The minimum Gasteiger partial charge on any atom is -0.352 e. The van der Waals surface area contributed by atoms with E-state index in [0.717, 1.165) is 54.1 Å². The Kier molecular flexibility index (Phi) is 5.33.